The van der Waals surface area contributed by atoms with Crippen LogP contribution >= 0.6 is 0 Å². The van der Waals surface area contributed by atoms with E-state index in [0.29, 0.717) is 12.1 Å². The van der Waals surface area contributed by atoms with E-state index in [-0.39, 0.29) is 17.9 Å². The van der Waals surface area contributed by atoms with Gasteiger partial charge in [0.25, 0.3) is 5.91 Å². The Balaban J connectivity index is 1.95. The van der Waals surface area contributed by atoms with Crippen LogP contribution in [0.15, 0.2) is 24.3 Å². The maximum absolute atomic E-state index is 12.1. The molecule has 2 rings (SSSR count). The Morgan fingerprint density at radius 2 is 2.00 bits per heavy atom. The topological polar surface area (TPSA) is 76.4 Å². The monoisotopic (exact) mass is 301 g/mol. The van der Waals surface area contributed by atoms with Gasteiger partial charge in [-0.05, 0) is 51.6 Å². The number of likely N-dealkylation sites (N-methyl/N-ethyl adjacent to an activating group) is 1. The van der Waals surface area contributed by atoms with Gasteiger partial charge in [0.2, 0.25) is 0 Å². The Labute approximate surface area is 131 Å². The van der Waals surface area contributed by atoms with Crippen molar-refractivity contribution in [2.24, 2.45) is 0 Å². The summed E-state index contributed by atoms with van der Waals surface area (Å²) in [5.74, 6) is -0.215. The second kappa shape index (κ2) is 6.07. The lowest BCUT2D eigenvalue weighted by molar-refractivity contribution is 0.0326. The van der Waals surface area contributed by atoms with Gasteiger partial charge in [0.05, 0.1) is 17.1 Å². The summed E-state index contributed by atoms with van der Waals surface area (Å²) in [5.41, 5.74) is 0.215. The average Bonchev–Trinajstić information content (AvgIpc) is 3.25. The van der Waals surface area contributed by atoms with E-state index in [2.05, 4.69) is 11.4 Å². The molecule has 0 saturated heterocycles. The number of hydrogen-bond donors (Lipinski definition) is 2. The van der Waals surface area contributed by atoms with Crippen LogP contribution < -0.4 is 5.32 Å². The molecule has 0 aliphatic heterocycles. The second-order valence-electron chi connectivity index (χ2n) is 6.69. The fourth-order valence-electron chi connectivity index (χ4n) is 2.64. The highest BCUT2D eigenvalue weighted by atomic mass is 16.3. The van der Waals surface area contributed by atoms with Gasteiger partial charge in [0.1, 0.15) is 0 Å². The summed E-state index contributed by atoms with van der Waals surface area (Å²) in [6, 6.07) is 9.52. The Morgan fingerprint density at radius 1 is 1.41 bits per heavy atom. The summed E-state index contributed by atoms with van der Waals surface area (Å²) in [6.45, 7) is 2.35. The first-order chi connectivity index (χ1) is 10.3. The van der Waals surface area contributed by atoms with Gasteiger partial charge in [-0.25, -0.2) is 0 Å². The highest BCUT2D eigenvalue weighted by Gasteiger charge is 2.44. The molecule has 118 valence electrons. The van der Waals surface area contributed by atoms with Crippen molar-refractivity contribution in [3.63, 3.8) is 0 Å². The lowest BCUT2D eigenvalue weighted by Crippen LogP contribution is -2.47. The molecule has 1 amide bonds. The van der Waals surface area contributed by atoms with Gasteiger partial charge in [-0.1, -0.05) is 12.1 Å². The lowest BCUT2D eigenvalue weighted by atomic mass is 9.96. The van der Waals surface area contributed by atoms with Crippen molar-refractivity contribution in [2.45, 2.75) is 30.8 Å². The molecule has 1 aliphatic carbocycles. The number of aliphatic hydroxyl groups is 1. The predicted molar refractivity (Wildman–Crippen MR) is 84.5 cm³/mol. The largest absolute Gasteiger partial charge is 0.387 e. The van der Waals surface area contributed by atoms with E-state index in [0.717, 1.165) is 18.4 Å². The summed E-state index contributed by atoms with van der Waals surface area (Å²) >= 11 is 0. The first-order valence-electron chi connectivity index (χ1n) is 7.45. The van der Waals surface area contributed by atoms with Crippen LogP contribution in [0.5, 0.6) is 0 Å². The van der Waals surface area contributed by atoms with Crippen LogP contribution in [0.1, 0.15) is 35.7 Å². The zero-order valence-corrected chi connectivity index (χ0v) is 13.4. The Hall–Kier alpha value is -1.90. The van der Waals surface area contributed by atoms with Crippen LogP contribution in [0.2, 0.25) is 0 Å². The molecule has 0 heterocycles. The van der Waals surface area contributed by atoms with Crippen LogP contribution in [0.25, 0.3) is 0 Å². The number of nitrogens with one attached hydrogen (secondary N) is 1. The Bertz CT molecular complexity index is 581. The molecule has 1 aliphatic rings. The minimum Gasteiger partial charge on any atom is -0.387 e. The van der Waals surface area contributed by atoms with Gasteiger partial charge in [0, 0.05) is 18.7 Å². The van der Waals surface area contributed by atoms with Crippen molar-refractivity contribution in [3.05, 3.63) is 35.4 Å². The minimum atomic E-state index is -0.974. The summed E-state index contributed by atoms with van der Waals surface area (Å²) in [4.78, 5) is 14.0. The van der Waals surface area contributed by atoms with Gasteiger partial charge in [-0.3, -0.25) is 4.79 Å². The second-order valence-corrected chi connectivity index (χ2v) is 6.69. The third-order valence-corrected chi connectivity index (χ3v) is 3.95. The quantitative estimate of drug-likeness (QED) is 0.830. The van der Waals surface area contributed by atoms with E-state index in [1.165, 1.54) is 0 Å². The molecule has 0 spiro atoms. The molecule has 1 unspecified atom stereocenters. The minimum absolute atomic E-state index is 0.188. The van der Waals surface area contributed by atoms with Gasteiger partial charge in [0.15, 0.2) is 0 Å². The third-order valence-electron chi connectivity index (χ3n) is 3.95. The molecule has 5 nitrogen and oxygen atoms in total. The Kier molecular flexibility index (Phi) is 4.55. The molecular formula is C17H23N3O2. The van der Waals surface area contributed by atoms with E-state index >= 15 is 0 Å². The van der Waals surface area contributed by atoms with Crippen LogP contribution in [-0.2, 0) is 5.41 Å². The SMILES string of the molecule is CN(C)CC(C)(O)CNC(=O)c1ccc(C2(C#N)CC2)cc1. The molecule has 5 heteroatoms. The van der Waals surface area contributed by atoms with Gasteiger partial charge < -0.3 is 15.3 Å². The van der Waals surface area contributed by atoms with Crippen molar-refractivity contribution in [1.29, 1.82) is 5.26 Å². The molecule has 1 fully saturated rings. The van der Waals surface area contributed by atoms with Gasteiger partial charge in [-0.2, -0.15) is 5.26 Å². The number of rotatable bonds is 6. The first kappa shape index (κ1) is 16.5. The van der Waals surface area contributed by atoms with Crippen molar-refractivity contribution < 1.29 is 9.90 Å². The zero-order valence-electron chi connectivity index (χ0n) is 13.4. The molecule has 22 heavy (non-hydrogen) atoms. The van der Waals surface area contributed by atoms with Crippen LogP contribution in [0, 0.1) is 11.3 Å². The molecule has 1 saturated carbocycles. The average molecular weight is 301 g/mol. The molecular weight excluding hydrogens is 278 g/mol. The van der Waals surface area contributed by atoms with Crippen LogP contribution in [0.3, 0.4) is 0 Å². The number of hydrogen-bond acceptors (Lipinski definition) is 4. The van der Waals surface area contributed by atoms with Gasteiger partial charge in [-0.15, -0.1) is 0 Å². The van der Waals surface area contributed by atoms with E-state index in [9.17, 15) is 15.2 Å². The van der Waals surface area contributed by atoms with Crippen molar-refractivity contribution in [3.8, 4) is 6.07 Å². The number of nitrogens with zero attached hydrogens (tertiary/aromatic N) is 2. The molecule has 1 aromatic rings. The van der Waals surface area contributed by atoms with E-state index < -0.39 is 5.60 Å². The smallest absolute Gasteiger partial charge is 0.251 e. The van der Waals surface area contributed by atoms with Crippen molar-refractivity contribution in [1.82, 2.24) is 10.2 Å². The number of nitriles is 1. The van der Waals surface area contributed by atoms with E-state index in [4.69, 9.17) is 0 Å². The normalized spacial score (nSPS) is 18.4. The number of benzene rings is 1. The summed E-state index contributed by atoms with van der Waals surface area (Å²) in [7, 11) is 3.75. The summed E-state index contributed by atoms with van der Waals surface area (Å²) < 4.78 is 0. The molecule has 0 bridgehead atoms. The summed E-state index contributed by atoms with van der Waals surface area (Å²) in [6.07, 6.45) is 1.78. The van der Waals surface area contributed by atoms with E-state index in [1.807, 2.05) is 31.1 Å². The molecule has 2 N–H and O–H groups in total. The fraction of sp³-hybridized carbons (Fsp3) is 0.529. The first-order valence-corrected chi connectivity index (χ1v) is 7.45. The maximum Gasteiger partial charge on any atom is 0.251 e. The standard InChI is InChI=1S/C17H23N3O2/c1-16(22,12-20(2)3)11-19-15(21)13-4-6-14(7-5-13)17(10-18)8-9-17/h4-7,22H,8-9,11-12H2,1-3H3,(H,19,21). The molecule has 0 aromatic heterocycles. The fourth-order valence-corrected chi connectivity index (χ4v) is 2.64. The maximum atomic E-state index is 12.1. The lowest BCUT2D eigenvalue weighted by Gasteiger charge is -2.27. The molecule has 0 radical (unpaired) electrons. The van der Waals surface area contributed by atoms with E-state index in [1.54, 1.807) is 19.1 Å². The molecule has 1 aromatic carbocycles. The summed E-state index contributed by atoms with van der Waals surface area (Å²) in [5, 5.41) is 22.1. The van der Waals surface area contributed by atoms with Crippen molar-refractivity contribution >= 4 is 5.91 Å². The van der Waals surface area contributed by atoms with Crippen LogP contribution in [0.4, 0.5) is 0 Å². The van der Waals surface area contributed by atoms with Crippen LogP contribution in [-0.4, -0.2) is 48.7 Å². The van der Waals surface area contributed by atoms with Gasteiger partial charge >= 0.3 is 0 Å². The number of carbonyl (C=O) groups is 1. The Morgan fingerprint density at radius 3 is 2.45 bits per heavy atom. The number of amides is 1. The third kappa shape index (κ3) is 3.85. The molecule has 1 atom stereocenters. The zero-order chi connectivity index (χ0) is 16.4. The van der Waals surface area contributed by atoms with Crippen molar-refractivity contribution in [2.75, 3.05) is 27.2 Å². The highest BCUT2D eigenvalue weighted by Crippen LogP contribution is 2.47. The highest BCUT2D eigenvalue weighted by molar-refractivity contribution is 5.94. The number of carbonyl (C=O) groups excluding carboxylic acids is 1. The predicted octanol–water partition coefficient (Wildman–Crippen LogP) is 1.28.